The monoisotopic (exact) mass is 296 g/mol. The number of fused-ring (bicyclic) bond motifs is 1. The van der Waals surface area contributed by atoms with E-state index >= 15 is 0 Å². The standard InChI is InChI=1S/C19H24N2O/c1-14(20)17-9-5-11-21(13-17)19(22)12-16-8-4-7-15-6-2-3-10-18(15)16/h2-4,6-8,10,14,17H,5,9,11-13,20H2,1H3. The molecule has 22 heavy (non-hydrogen) atoms. The number of nitrogens with two attached hydrogens (primary N) is 1. The van der Waals surface area contributed by atoms with Crippen LogP contribution in [0.15, 0.2) is 42.5 Å². The lowest BCUT2D eigenvalue weighted by molar-refractivity contribution is -0.132. The highest BCUT2D eigenvalue weighted by molar-refractivity contribution is 5.90. The minimum absolute atomic E-state index is 0.160. The Kier molecular flexibility index (Phi) is 4.44. The molecule has 2 N–H and O–H groups in total. The van der Waals surface area contributed by atoms with Crippen molar-refractivity contribution in [1.82, 2.24) is 4.90 Å². The van der Waals surface area contributed by atoms with Crippen LogP contribution in [-0.2, 0) is 11.2 Å². The van der Waals surface area contributed by atoms with Crippen LogP contribution in [0.3, 0.4) is 0 Å². The molecular formula is C19H24N2O. The average Bonchev–Trinajstić information content (AvgIpc) is 2.55. The minimum Gasteiger partial charge on any atom is -0.342 e. The van der Waals surface area contributed by atoms with Crippen LogP contribution in [-0.4, -0.2) is 29.9 Å². The molecule has 1 aliphatic heterocycles. The topological polar surface area (TPSA) is 46.3 Å². The first-order chi connectivity index (χ1) is 10.6. The second-order valence-electron chi connectivity index (χ2n) is 6.42. The summed E-state index contributed by atoms with van der Waals surface area (Å²) in [5, 5.41) is 2.37. The van der Waals surface area contributed by atoms with Crippen LogP contribution in [0.2, 0.25) is 0 Å². The zero-order chi connectivity index (χ0) is 15.5. The number of piperidine rings is 1. The van der Waals surface area contributed by atoms with Crippen LogP contribution >= 0.6 is 0 Å². The van der Waals surface area contributed by atoms with Gasteiger partial charge in [-0.05, 0) is 42.0 Å². The molecule has 0 aliphatic carbocycles. The van der Waals surface area contributed by atoms with E-state index in [1.54, 1.807) is 0 Å². The number of amides is 1. The van der Waals surface area contributed by atoms with Crippen molar-refractivity contribution in [2.24, 2.45) is 11.7 Å². The fraction of sp³-hybridized carbons (Fsp3) is 0.421. The molecule has 1 amide bonds. The second kappa shape index (κ2) is 6.49. The van der Waals surface area contributed by atoms with Gasteiger partial charge in [0.05, 0.1) is 6.42 Å². The van der Waals surface area contributed by atoms with Gasteiger partial charge in [0.15, 0.2) is 0 Å². The molecule has 2 unspecified atom stereocenters. The summed E-state index contributed by atoms with van der Waals surface area (Å²) >= 11 is 0. The summed E-state index contributed by atoms with van der Waals surface area (Å²) in [7, 11) is 0. The maximum absolute atomic E-state index is 12.7. The molecule has 0 aromatic heterocycles. The van der Waals surface area contributed by atoms with Gasteiger partial charge in [0.25, 0.3) is 0 Å². The van der Waals surface area contributed by atoms with E-state index in [-0.39, 0.29) is 11.9 Å². The van der Waals surface area contributed by atoms with Crippen LogP contribution < -0.4 is 5.73 Å². The van der Waals surface area contributed by atoms with Gasteiger partial charge < -0.3 is 10.6 Å². The van der Waals surface area contributed by atoms with Crippen LogP contribution in [0.25, 0.3) is 10.8 Å². The number of carbonyl (C=O) groups excluding carboxylic acids is 1. The lowest BCUT2D eigenvalue weighted by Gasteiger charge is -2.34. The summed E-state index contributed by atoms with van der Waals surface area (Å²) in [5.74, 6) is 0.659. The van der Waals surface area contributed by atoms with Crippen LogP contribution in [0.4, 0.5) is 0 Å². The molecule has 0 bridgehead atoms. The van der Waals surface area contributed by atoms with E-state index in [1.165, 1.54) is 10.8 Å². The maximum atomic E-state index is 12.7. The first-order valence-corrected chi connectivity index (χ1v) is 8.15. The van der Waals surface area contributed by atoms with Crippen molar-refractivity contribution in [3.8, 4) is 0 Å². The Morgan fingerprint density at radius 3 is 2.86 bits per heavy atom. The van der Waals surface area contributed by atoms with E-state index in [1.807, 2.05) is 30.0 Å². The summed E-state index contributed by atoms with van der Waals surface area (Å²) in [4.78, 5) is 14.7. The van der Waals surface area contributed by atoms with Crippen molar-refractivity contribution >= 4 is 16.7 Å². The fourth-order valence-corrected chi connectivity index (χ4v) is 3.39. The highest BCUT2D eigenvalue weighted by Gasteiger charge is 2.25. The summed E-state index contributed by atoms with van der Waals surface area (Å²) in [5.41, 5.74) is 7.14. The summed E-state index contributed by atoms with van der Waals surface area (Å²) in [6.07, 6.45) is 2.68. The van der Waals surface area contributed by atoms with E-state index in [0.717, 1.165) is 31.5 Å². The lowest BCUT2D eigenvalue weighted by atomic mass is 9.91. The van der Waals surface area contributed by atoms with Gasteiger partial charge in [0.1, 0.15) is 0 Å². The first kappa shape index (κ1) is 15.0. The van der Waals surface area contributed by atoms with Crippen molar-refractivity contribution in [3.63, 3.8) is 0 Å². The average molecular weight is 296 g/mol. The lowest BCUT2D eigenvalue weighted by Crippen LogP contribution is -2.45. The largest absolute Gasteiger partial charge is 0.342 e. The van der Waals surface area contributed by atoms with Gasteiger partial charge in [-0.2, -0.15) is 0 Å². The SMILES string of the molecule is CC(N)C1CCCN(C(=O)Cc2cccc3ccccc23)C1. The van der Waals surface area contributed by atoms with E-state index in [4.69, 9.17) is 5.73 Å². The Balaban J connectivity index is 1.76. The Morgan fingerprint density at radius 2 is 2.05 bits per heavy atom. The third-order valence-electron chi connectivity index (χ3n) is 4.78. The molecule has 3 nitrogen and oxygen atoms in total. The van der Waals surface area contributed by atoms with Crippen molar-refractivity contribution in [2.75, 3.05) is 13.1 Å². The van der Waals surface area contributed by atoms with Gasteiger partial charge in [-0.3, -0.25) is 4.79 Å². The van der Waals surface area contributed by atoms with Crippen molar-refractivity contribution in [2.45, 2.75) is 32.2 Å². The Bertz CT molecular complexity index is 660. The van der Waals surface area contributed by atoms with Crippen molar-refractivity contribution in [1.29, 1.82) is 0 Å². The predicted molar refractivity (Wildman–Crippen MR) is 90.6 cm³/mol. The fourth-order valence-electron chi connectivity index (χ4n) is 3.39. The van der Waals surface area contributed by atoms with Crippen molar-refractivity contribution in [3.05, 3.63) is 48.0 Å². The van der Waals surface area contributed by atoms with Gasteiger partial charge in [0, 0.05) is 19.1 Å². The summed E-state index contributed by atoms with van der Waals surface area (Å²) in [6, 6.07) is 14.6. The summed E-state index contributed by atoms with van der Waals surface area (Å²) < 4.78 is 0. The third kappa shape index (κ3) is 3.14. The molecule has 2 aromatic carbocycles. The van der Waals surface area contributed by atoms with Crippen LogP contribution in [0.5, 0.6) is 0 Å². The smallest absolute Gasteiger partial charge is 0.227 e. The second-order valence-corrected chi connectivity index (χ2v) is 6.42. The number of hydrogen-bond donors (Lipinski definition) is 1. The third-order valence-corrected chi connectivity index (χ3v) is 4.78. The van der Waals surface area contributed by atoms with E-state index in [9.17, 15) is 4.79 Å². The van der Waals surface area contributed by atoms with Gasteiger partial charge in [-0.1, -0.05) is 42.5 Å². The summed E-state index contributed by atoms with van der Waals surface area (Å²) in [6.45, 7) is 3.72. The molecule has 3 rings (SSSR count). The van der Waals surface area contributed by atoms with Gasteiger partial charge in [-0.25, -0.2) is 0 Å². The number of likely N-dealkylation sites (tertiary alicyclic amines) is 1. The molecule has 2 aromatic rings. The Hall–Kier alpha value is -1.87. The zero-order valence-corrected chi connectivity index (χ0v) is 13.2. The first-order valence-electron chi connectivity index (χ1n) is 8.15. The molecule has 1 saturated heterocycles. The molecule has 0 radical (unpaired) electrons. The predicted octanol–water partition coefficient (Wildman–Crippen LogP) is 2.97. The normalized spacial score (nSPS) is 20.1. The number of nitrogens with zero attached hydrogens (tertiary/aromatic N) is 1. The zero-order valence-electron chi connectivity index (χ0n) is 13.2. The molecule has 1 heterocycles. The molecule has 116 valence electrons. The van der Waals surface area contributed by atoms with Gasteiger partial charge >= 0.3 is 0 Å². The van der Waals surface area contributed by atoms with Gasteiger partial charge in [0.2, 0.25) is 5.91 Å². The molecule has 0 spiro atoms. The Morgan fingerprint density at radius 1 is 1.27 bits per heavy atom. The molecule has 1 aliphatic rings. The highest BCUT2D eigenvalue weighted by atomic mass is 16.2. The van der Waals surface area contributed by atoms with E-state index in [2.05, 4.69) is 24.3 Å². The number of carbonyl (C=O) groups is 1. The molecule has 0 saturated carbocycles. The number of benzene rings is 2. The molecular weight excluding hydrogens is 272 g/mol. The molecule has 3 heteroatoms. The van der Waals surface area contributed by atoms with Crippen LogP contribution in [0, 0.1) is 5.92 Å². The van der Waals surface area contributed by atoms with E-state index < -0.39 is 0 Å². The molecule has 2 atom stereocenters. The minimum atomic E-state index is 0.160. The number of rotatable bonds is 3. The highest BCUT2D eigenvalue weighted by Crippen LogP contribution is 2.22. The quantitative estimate of drug-likeness (QED) is 0.946. The van der Waals surface area contributed by atoms with Crippen molar-refractivity contribution < 1.29 is 4.79 Å². The maximum Gasteiger partial charge on any atom is 0.227 e. The van der Waals surface area contributed by atoms with Crippen LogP contribution in [0.1, 0.15) is 25.3 Å². The number of hydrogen-bond acceptors (Lipinski definition) is 2. The Labute approximate surface area is 132 Å². The molecule has 1 fully saturated rings. The van der Waals surface area contributed by atoms with E-state index in [0.29, 0.717) is 12.3 Å². The van der Waals surface area contributed by atoms with Gasteiger partial charge in [-0.15, -0.1) is 0 Å².